The monoisotopic (exact) mass is 640 g/mol. The molecule has 8 aromatic carbocycles. The molecule has 0 saturated carbocycles. The minimum absolute atomic E-state index is 0.851. The van der Waals surface area contributed by atoms with Gasteiger partial charge in [-0.2, -0.15) is 0 Å². The second kappa shape index (κ2) is 10.4. The summed E-state index contributed by atoms with van der Waals surface area (Å²) in [7, 11) is 0. The Labute approximate surface area is 286 Å². The maximum atomic E-state index is 6.55. The van der Waals surface area contributed by atoms with Gasteiger partial charge < -0.3 is 18.3 Å². The van der Waals surface area contributed by atoms with Gasteiger partial charge in [0.15, 0.2) is 0 Å². The van der Waals surface area contributed by atoms with E-state index in [4.69, 9.17) is 8.83 Å². The van der Waals surface area contributed by atoms with E-state index in [0.29, 0.717) is 0 Å². The fourth-order valence-corrected chi connectivity index (χ4v) is 8.01. The molecule has 234 valence electrons. The zero-order valence-electron chi connectivity index (χ0n) is 26.9. The molecule has 0 spiro atoms. The number of anilines is 3. The van der Waals surface area contributed by atoms with E-state index in [0.717, 1.165) is 88.4 Å². The highest BCUT2D eigenvalue weighted by Crippen LogP contribution is 2.47. The Hall–Kier alpha value is -6.78. The van der Waals surface area contributed by atoms with Gasteiger partial charge in [-0.1, -0.05) is 103 Å². The normalized spacial score (nSPS) is 12.0. The minimum atomic E-state index is 0.851. The summed E-state index contributed by atoms with van der Waals surface area (Å²) < 4.78 is 15.4. The Morgan fingerprint density at radius 1 is 0.380 bits per heavy atom. The van der Waals surface area contributed by atoms with Crippen molar-refractivity contribution in [2.75, 3.05) is 4.90 Å². The Morgan fingerprint density at radius 3 is 1.80 bits per heavy atom. The Bertz CT molecular complexity index is 3110. The molecule has 3 heterocycles. The number of hydrogen-bond donors (Lipinski definition) is 0. The summed E-state index contributed by atoms with van der Waals surface area (Å²) in [6.45, 7) is 0. The first-order chi connectivity index (χ1) is 24.8. The molecule has 4 nitrogen and oxygen atoms in total. The molecule has 0 unspecified atom stereocenters. The zero-order chi connectivity index (χ0) is 32.8. The standard InChI is InChI=1S/C46H28N2O2/c1-2-12-29(13-3-1)48-40-19-7-4-14-31(40)36-17-10-21-41(45(36)48)47(30-24-25-35-33-15-5-8-22-42(33)49-44(35)28-30)39-20-11-18-37-32(39)26-27-38-34-16-6-9-23-43(34)50-46(37)38/h1-28H. The lowest BCUT2D eigenvalue weighted by atomic mass is 10.0. The van der Waals surface area contributed by atoms with Crippen molar-refractivity contribution < 1.29 is 8.83 Å². The van der Waals surface area contributed by atoms with Gasteiger partial charge in [0.2, 0.25) is 0 Å². The Morgan fingerprint density at radius 2 is 0.960 bits per heavy atom. The zero-order valence-corrected chi connectivity index (χ0v) is 26.9. The largest absolute Gasteiger partial charge is 0.456 e. The van der Waals surface area contributed by atoms with Crippen molar-refractivity contribution in [3.05, 3.63) is 170 Å². The summed E-state index contributed by atoms with van der Waals surface area (Å²) >= 11 is 0. The van der Waals surface area contributed by atoms with E-state index in [1.165, 1.54) is 10.8 Å². The second-order valence-electron chi connectivity index (χ2n) is 12.9. The van der Waals surface area contributed by atoms with Gasteiger partial charge in [0.1, 0.15) is 22.3 Å². The summed E-state index contributed by atoms with van der Waals surface area (Å²) in [5.41, 5.74) is 10.1. The molecule has 3 aromatic heterocycles. The third kappa shape index (κ3) is 3.81. The Kier molecular flexibility index (Phi) is 5.63. The summed E-state index contributed by atoms with van der Waals surface area (Å²) in [4.78, 5) is 2.39. The van der Waals surface area contributed by atoms with Crippen LogP contribution in [-0.2, 0) is 0 Å². The van der Waals surface area contributed by atoms with Crippen LogP contribution in [0.3, 0.4) is 0 Å². The molecule has 0 aliphatic carbocycles. The summed E-state index contributed by atoms with van der Waals surface area (Å²) in [6.07, 6.45) is 0. The average Bonchev–Trinajstić information content (AvgIpc) is 3.85. The van der Waals surface area contributed by atoms with E-state index < -0.39 is 0 Å². The van der Waals surface area contributed by atoms with Crippen LogP contribution in [0.4, 0.5) is 17.1 Å². The Balaban J connectivity index is 1.27. The highest BCUT2D eigenvalue weighted by Gasteiger charge is 2.24. The maximum absolute atomic E-state index is 6.55. The van der Waals surface area contributed by atoms with Crippen molar-refractivity contribution in [3.63, 3.8) is 0 Å². The van der Waals surface area contributed by atoms with Crippen molar-refractivity contribution in [3.8, 4) is 5.69 Å². The van der Waals surface area contributed by atoms with E-state index in [2.05, 4.69) is 155 Å². The summed E-state index contributed by atoms with van der Waals surface area (Å²) in [5.74, 6) is 0. The van der Waals surface area contributed by atoms with Gasteiger partial charge in [0, 0.05) is 60.5 Å². The molecule has 0 N–H and O–H groups in total. The number of fused-ring (bicyclic) bond motifs is 11. The predicted molar refractivity (Wildman–Crippen MR) is 208 cm³/mol. The topological polar surface area (TPSA) is 34.5 Å². The molecule has 0 amide bonds. The molecular weight excluding hydrogens is 613 g/mol. The van der Waals surface area contributed by atoms with Crippen LogP contribution in [0.2, 0.25) is 0 Å². The fraction of sp³-hybridized carbons (Fsp3) is 0. The third-order valence-corrected chi connectivity index (χ3v) is 10.2. The van der Waals surface area contributed by atoms with E-state index in [9.17, 15) is 0 Å². The average molecular weight is 641 g/mol. The SMILES string of the molecule is c1ccc(-n2c3ccccc3c3cccc(N(c4ccc5c(c4)oc4ccccc45)c4cccc5c4ccc4c6ccccc6oc54)c32)cc1. The predicted octanol–water partition coefficient (Wildman–Crippen LogP) is 13.2. The molecule has 0 aliphatic rings. The lowest BCUT2D eigenvalue weighted by molar-refractivity contribution is 0.669. The van der Waals surface area contributed by atoms with Crippen molar-refractivity contribution >= 4 is 93.5 Å². The van der Waals surface area contributed by atoms with Gasteiger partial charge >= 0.3 is 0 Å². The number of hydrogen-bond acceptors (Lipinski definition) is 3. The fourth-order valence-electron chi connectivity index (χ4n) is 8.01. The number of aromatic nitrogens is 1. The molecule has 0 radical (unpaired) electrons. The lowest BCUT2D eigenvalue weighted by Crippen LogP contribution is -2.12. The van der Waals surface area contributed by atoms with E-state index in [1.54, 1.807) is 0 Å². The van der Waals surface area contributed by atoms with Crippen molar-refractivity contribution in [1.29, 1.82) is 0 Å². The number of furan rings is 2. The summed E-state index contributed by atoms with van der Waals surface area (Å²) in [6, 6.07) is 60.1. The van der Waals surface area contributed by atoms with Crippen molar-refractivity contribution in [2.24, 2.45) is 0 Å². The first-order valence-electron chi connectivity index (χ1n) is 16.9. The second-order valence-corrected chi connectivity index (χ2v) is 12.9. The number of rotatable bonds is 4. The lowest BCUT2D eigenvalue weighted by Gasteiger charge is -2.28. The van der Waals surface area contributed by atoms with Crippen LogP contribution < -0.4 is 4.90 Å². The molecule has 50 heavy (non-hydrogen) atoms. The first kappa shape index (κ1) is 27.2. The molecule has 11 aromatic rings. The van der Waals surface area contributed by atoms with Crippen LogP contribution in [0.25, 0.3) is 82.1 Å². The number of benzene rings is 8. The highest BCUT2D eigenvalue weighted by molar-refractivity contribution is 6.20. The van der Waals surface area contributed by atoms with E-state index in [-0.39, 0.29) is 0 Å². The molecule has 0 aliphatic heterocycles. The molecule has 0 saturated heterocycles. The molecule has 0 atom stereocenters. The van der Waals surface area contributed by atoms with Gasteiger partial charge in [0.05, 0.1) is 22.4 Å². The van der Waals surface area contributed by atoms with Crippen molar-refractivity contribution in [1.82, 2.24) is 4.57 Å². The van der Waals surface area contributed by atoms with Gasteiger partial charge in [-0.3, -0.25) is 0 Å². The molecule has 0 fully saturated rings. The van der Waals surface area contributed by atoms with Crippen LogP contribution in [0.1, 0.15) is 0 Å². The van der Waals surface area contributed by atoms with Crippen LogP contribution in [0, 0.1) is 0 Å². The number of nitrogens with zero attached hydrogens (tertiary/aromatic N) is 2. The third-order valence-electron chi connectivity index (χ3n) is 10.2. The van der Waals surface area contributed by atoms with Gasteiger partial charge in [0.25, 0.3) is 0 Å². The first-order valence-corrected chi connectivity index (χ1v) is 16.9. The smallest absolute Gasteiger partial charge is 0.143 e. The van der Waals surface area contributed by atoms with Crippen LogP contribution in [0.5, 0.6) is 0 Å². The number of para-hydroxylation sites is 5. The molecule has 4 heteroatoms. The molecule has 11 rings (SSSR count). The maximum Gasteiger partial charge on any atom is 0.143 e. The molecule has 0 bridgehead atoms. The van der Waals surface area contributed by atoms with Crippen LogP contribution in [0.15, 0.2) is 179 Å². The van der Waals surface area contributed by atoms with E-state index in [1.807, 2.05) is 24.3 Å². The van der Waals surface area contributed by atoms with Gasteiger partial charge in [-0.25, -0.2) is 0 Å². The van der Waals surface area contributed by atoms with E-state index >= 15 is 0 Å². The van der Waals surface area contributed by atoms with Gasteiger partial charge in [-0.15, -0.1) is 0 Å². The van der Waals surface area contributed by atoms with Gasteiger partial charge in [-0.05, 0) is 60.7 Å². The van der Waals surface area contributed by atoms with Crippen LogP contribution >= 0.6 is 0 Å². The summed E-state index contributed by atoms with van der Waals surface area (Å²) in [5, 5.41) is 9.03. The quantitative estimate of drug-likeness (QED) is 0.192. The molecular formula is C46H28N2O2. The van der Waals surface area contributed by atoms with Crippen LogP contribution in [-0.4, -0.2) is 4.57 Å². The minimum Gasteiger partial charge on any atom is -0.456 e. The highest BCUT2D eigenvalue weighted by atomic mass is 16.3. The van der Waals surface area contributed by atoms with Crippen molar-refractivity contribution in [2.45, 2.75) is 0 Å².